The lowest BCUT2D eigenvalue weighted by Crippen LogP contribution is -2.14. The van der Waals surface area contributed by atoms with Crippen molar-refractivity contribution in [3.8, 4) is 0 Å². The summed E-state index contributed by atoms with van der Waals surface area (Å²) in [6.07, 6.45) is 2.51. The number of aromatic nitrogens is 2. The van der Waals surface area contributed by atoms with Crippen LogP contribution >= 0.6 is 0 Å². The summed E-state index contributed by atoms with van der Waals surface area (Å²) in [7, 11) is -0.692. The fourth-order valence-corrected chi connectivity index (χ4v) is 7.45. The number of esters is 1. The first kappa shape index (κ1) is 25.2. The normalized spacial score (nSPS) is 12.2. The average Bonchev–Trinajstić information content (AvgIpc) is 3.44. The maximum atomic E-state index is 14.4. The summed E-state index contributed by atoms with van der Waals surface area (Å²) in [5.41, 5.74) is 5.09. The molecule has 0 aliphatic carbocycles. The van der Waals surface area contributed by atoms with Crippen LogP contribution in [0.15, 0.2) is 77.7 Å². The molecule has 0 radical (unpaired) electrons. The van der Waals surface area contributed by atoms with Crippen LogP contribution in [0.25, 0.3) is 43.6 Å². The van der Waals surface area contributed by atoms with E-state index in [4.69, 9.17) is 4.74 Å². The van der Waals surface area contributed by atoms with Crippen molar-refractivity contribution in [2.24, 2.45) is 7.05 Å². The Hall–Kier alpha value is -4.10. The van der Waals surface area contributed by atoms with E-state index in [0.717, 1.165) is 45.8 Å². The molecule has 0 aliphatic rings. The lowest BCUT2D eigenvalue weighted by molar-refractivity contribution is 0.0602. The molecule has 0 bridgehead atoms. The molecule has 6 aromatic rings. The number of carbonyl (C=O) groups is 1. The van der Waals surface area contributed by atoms with E-state index in [0.29, 0.717) is 33.8 Å². The molecule has 0 unspecified atom stereocenters. The largest absolute Gasteiger partial charge is 0.465 e. The van der Waals surface area contributed by atoms with Crippen molar-refractivity contribution in [2.45, 2.75) is 38.0 Å². The minimum Gasteiger partial charge on any atom is -0.465 e. The first-order valence-corrected chi connectivity index (χ1v) is 14.6. The van der Waals surface area contributed by atoms with Crippen LogP contribution in [-0.2, 0) is 28.2 Å². The molecular weight excluding hydrogens is 508 g/mol. The van der Waals surface area contributed by atoms with Gasteiger partial charge in [0.25, 0.3) is 10.0 Å². The topological polar surface area (TPSA) is 70.3 Å². The number of nitrogens with zero attached hydrogens (tertiary/aromatic N) is 2. The van der Waals surface area contributed by atoms with Crippen molar-refractivity contribution in [2.75, 3.05) is 7.11 Å². The van der Waals surface area contributed by atoms with Gasteiger partial charge in [0.1, 0.15) is 0 Å². The van der Waals surface area contributed by atoms with Crippen LogP contribution in [0.2, 0.25) is 0 Å². The number of para-hydroxylation sites is 2. The second-order valence-electron chi connectivity index (χ2n) is 10.1. The van der Waals surface area contributed by atoms with Gasteiger partial charge in [0.2, 0.25) is 0 Å². The number of aryl methyl sites for hydroxylation is 3. The third-order valence-corrected chi connectivity index (χ3v) is 9.47. The molecule has 6 nitrogen and oxygen atoms in total. The molecule has 2 aromatic heterocycles. The fraction of sp³-hybridized carbons (Fsp3) is 0.219. The highest BCUT2D eigenvalue weighted by Crippen LogP contribution is 2.45. The van der Waals surface area contributed by atoms with E-state index in [9.17, 15) is 13.2 Å². The standard InChI is InChI=1S/C32H30N2O4S/c1-5-6-11-24-27-22-12-7-9-14-25(22)33(3)30(27)31-28(29(24)32(35)38-4)23-13-8-10-15-26(23)34(31)39(36,37)21-18-16-20(2)17-19-21/h7-10,12-19H,5-6,11H2,1-4H3. The number of fused-ring (bicyclic) bond motifs is 7. The molecule has 0 aliphatic heterocycles. The molecule has 0 fully saturated rings. The summed E-state index contributed by atoms with van der Waals surface area (Å²) < 4.78 is 37.8. The number of rotatable bonds is 6. The van der Waals surface area contributed by atoms with E-state index in [1.54, 1.807) is 24.3 Å². The first-order valence-electron chi connectivity index (χ1n) is 13.2. The second kappa shape index (κ2) is 9.27. The Kier molecular flexibility index (Phi) is 5.99. The Morgan fingerprint density at radius 2 is 1.46 bits per heavy atom. The average molecular weight is 539 g/mol. The minimum absolute atomic E-state index is 0.192. The van der Waals surface area contributed by atoms with Gasteiger partial charge < -0.3 is 9.30 Å². The predicted octanol–water partition coefficient (Wildman–Crippen LogP) is 7.11. The molecule has 6 rings (SSSR count). The maximum absolute atomic E-state index is 14.4. The summed E-state index contributed by atoms with van der Waals surface area (Å²) >= 11 is 0. The van der Waals surface area contributed by atoms with E-state index in [-0.39, 0.29) is 4.90 Å². The summed E-state index contributed by atoms with van der Waals surface area (Å²) in [5, 5.41) is 3.20. The van der Waals surface area contributed by atoms with E-state index < -0.39 is 16.0 Å². The van der Waals surface area contributed by atoms with Gasteiger partial charge in [0.05, 0.1) is 34.1 Å². The second-order valence-corrected chi connectivity index (χ2v) is 11.9. The van der Waals surface area contributed by atoms with Gasteiger partial charge in [-0.3, -0.25) is 0 Å². The molecule has 0 atom stereocenters. The Morgan fingerprint density at radius 1 is 0.846 bits per heavy atom. The maximum Gasteiger partial charge on any atom is 0.338 e. The highest BCUT2D eigenvalue weighted by molar-refractivity contribution is 7.90. The summed E-state index contributed by atoms with van der Waals surface area (Å²) in [5.74, 6) is -0.462. The van der Waals surface area contributed by atoms with E-state index in [2.05, 4.69) is 11.5 Å². The predicted molar refractivity (Wildman–Crippen MR) is 157 cm³/mol. The van der Waals surface area contributed by atoms with Gasteiger partial charge in [-0.05, 0) is 49.6 Å². The van der Waals surface area contributed by atoms with Gasteiger partial charge in [0, 0.05) is 34.1 Å². The highest BCUT2D eigenvalue weighted by atomic mass is 32.2. The SMILES string of the molecule is CCCCc1c(C(=O)OC)c2c3ccccc3n(S(=O)(=O)c3ccc(C)cc3)c2c2c1c1ccccc1n2C. The zero-order valence-corrected chi connectivity index (χ0v) is 23.3. The van der Waals surface area contributed by atoms with Gasteiger partial charge in [0.15, 0.2) is 0 Å². The number of ether oxygens (including phenoxy) is 1. The molecule has 2 heterocycles. The Labute approximate surface area is 227 Å². The molecule has 7 heteroatoms. The molecule has 0 saturated carbocycles. The van der Waals surface area contributed by atoms with Crippen LogP contribution in [0, 0.1) is 6.92 Å². The van der Waals surface area contributed by atoms with E-state index in [1.807, 2.05) is 62.5 Å². The van der Waals surface area contributed by atoms with Crippen molar-refractivity contribution >= 4 is 59.6 Å². The van der Waals surface area contributed by atoms with Crippen LogP contribution in [-0.4, -0.2) is 30.0 Å². The van der Waals surface area contributed by atoms with Gasteiger partial charge >= 0.3 is 5.97 Å². The molecule has 0 spiro atoms. The molecule has 198 valence electrons. The molecule has 0 N–H and O–H groups in total. The molecule has 0 saturated heterocycles. The lowest BCUT2D eigenvalue weighted by Gasteiger charge is -2.15. The lowest BCUT2D eigenvalue weighted by atomic mass is 9.92. The van der Waals surface area contributed by atoms with Crippen molar-refractivity contribution in [3.63, 3.8) is 0 Å². The number of hydrogen-bond acceptors (Lipinski definition) is 4. The number of benzene rings is 4. The quantitative estimate of drug-likeness (QED) is 0.212. The van der Waals surface area contributed by atoms with Crippen molar-refractivity contribution < 1.29 is 17.9 Å². The van der Waals surface area contributed by atoms with Crippen LogP contribution in [0.5, 0.6) is 0 Å². The van der Waals surface area contributed by atoms with Gasteiger partial charge in [-0.15, -0.1) is 0 Å². The van der Waals surface area contributed by atoms with Crippen molar-refractivity contribution in [1.82, 2.24) is 8.54 Å². The zero-order chi connectivity index (χ0) is 27.5. The van der Waals surface area contributed by atoms with Crippen LogP contribution in [0.3, 0.4) is 0 Å². The Bertz CT molecular complexity index is 2030. The molecule has 0 amide bonds. The molecule has 4 aromatic carbocycles. The van der Waals surface area contributed by atoms with E-state index >= 15 is 0 Å². The number of methoxy groups -OCH3 is 1. The molecule has 39 heavy (non-hydrogen) atoms. The summed E-state index contributed by atoms with van der Waals surface area (Å²) in [6, 6.07) is 22.3. The number of carbonyl (C=O) groups excluding carboxylic acids is 1. The fourth-order valence-electron chi connectivity index (χ4n) is 5.93. The number of unbranched alkanes of at least 4 members (excludes halogenated alkanes) is 1. The van der Waals surface area contributed by atoms with E-state index in [1.165, 1.54) is 11.1 Å². The third-order valence-electron chi connectivity index (χ3n) is 7.75. The third kappa shape index (κ3) is 3.60. The smallest absolute Gasteiger partial charge is 0.338 e. The zero-order valence-electron chi connectivity index (χ0n) is 22.5. The number of hydrogen-bond donors (Lipinski definition) is 0. The van der Waals surface area contributed by atoms with Crippen LogP contribution in [0.4, 0.5) is 0 Å². The molecular formula is C32H30N2O4S. The van der Waals surface area contributed by atoms with Crippen LogP contribution in [0.1, 0.15) is 41.3 Å². The van der Waals surface area contributed by atoms with Crippen molar-refractivity contribution in [3.05, 3.63) is 89.5 Å². The van der Waals surface area contributed by atoms with Crippen LogP contribution < -0.4 is 0 Å². The monoisotopic (exact) mass is 538 g/mol. The highest BCUT2D eigenvalue weighted by Gasteiger charge is 2.32. The van der Waals surface area contributed by atoms with Crippen molar-refractivity contribution in [1.29, 1.82) is 0 Å². The van der Waals surface area contributed by atoms with Gasteiger partial charge in [-0.2, -0.15) is 0 Å². The first-order chi connectivity index (χ1) is 18.8. The summed E-state index contributed by atoms with van der Waals surface area (Å²) in [4.78, 5) is 13.8. The minimum atomic E-state index is -4.04. The Balaban J connectivity index is 1.95. The Morgan fingerprint density at radius 3 is 2.10 bits per heavy atom. The summed E-state index contributed by atoms with van der Waals surface area (Å²) in [6.45, 7) is 4.05. The van der Waals surface area contributed by atoms with Gasteiger partial charge in [-0.1, -0.05) is 67.4 Å². The van der Waals surface area contributed by atoms with Gasteiger partial charge in [-0.25, -0.2) is 17.2 Å².